The third-order valence-corrected chi connectivity index (χ3v) is 7.07. The number of allylic oxidation sites excluding steroid dienone is 4. The molecule has 0 amide bonds. The van der Waals surface area contributed by atoms with E-state index in [0.717, 1.165) is 31.3 Å². The van der Waals surface area contributed by atoms with Gasteiger partial charge in [-0.25, -0.2) is 0 Å². The normalized spacial score (nSPS) is 25.0. The molecule has 9 nitrogen and oxygen atoms in total. The molecule has 0 unspecified atom stereocenters. The van der Waals surface area contributed by atoms with Gasteiger partial charge in [-0.05, 0) is 84.8 Å². The Bertz CT molecular complexity index is 996. The molecule has 0 spiro atoms. The monoisotopic (exact) mass is 536 g/mol. The second-order valence-corrected chi connectivity index (χ2v) is 10.8. The molecule has 1 aliphatic heterocycles. The lowest BCUT2D eigenvalue weighted by Crippen LogP contribution is -2.60. The van der Waals surface area contributed by atoms with Crippen LogP contribution in [0.3, 0.4) is 0 Å². The maximum atomic E-state index is 11.2. The van der Waals surface area contributed by atoms with Crippen molar-refractivity contribution >= 4 is 6.29 Å². The first-order chi connectivity index (χ1) is 17.8. The number of carbonyl (C=O) groups excluding carboxylic acids is 1. The number of phenols is 2. The largest absolute Gasteiger partial charge is 0.508 e. The lowest BCUT2D eigenvalue weighted by molar-refractivity contribution is -0.323. The van der Waals surface area contributed by atoms with E-state index in [1.165, 1.54) is 11.6 Å². The summed E-state index contributed by atoms with van der Waals surface area (Å²) in [5, 5.41) is 59.9. The van der Waals surface area contributed by atoms with Gasteiger partial charge in [-0.1, -0.05) is 23.3 Å². The first-order valence-electron chi connectivity index (χ1n) is 13.1. The fraction of sp³-hybridized carbons (Fsp3) is 0.621. The molecule has 2 rings (SSSR count). The smallest absolute Gasteiger partial charge is 0.187 e. The van der Waals surface area contributed by atoms with Gasteiger partial charge in [0, 0.05) is 5.56 Å². The van der Waals surface area contributed by atoms with Crippen molar-refractivity contribution in [3.63, 3.8) is 0 Å². The summed E-state index contributed by atoms with van der Waals surface area (Å²) < 4.78 is 11.4. The van der Waals surface area contributed by atoms with E-state index in [2.05, 4.69) is 13.0 Å². The van der Waals surface area contributed by atoms with Crippen molar-refractivity contribution in [3.05, 3.63) is 46.1 Å². The maximum absolute atomic E-state index is 11.2. The lowest BCUT2D eigenvalue weighted by atomic mass is 9.96. The molecule has 214 valence electrons. The zero-order chi connectivity index (χ0) is 28.6. The van der Waals surface area contributed by atoms with Crippen LogP contribution in [-0.4, -0.2) is 79.8 Å². The van der Waals surface area contributed by atoms with Gasteiger partial charge in [0.05, 0.1) is 17.8 Å². The molecular formula is C29H44O9. The number of aliphatic hydroxyl groups excluding tert-OH is 4. The van der Waals surface area contributed by atoms with Crippen LogP contribution in [0.4, 0.5) is 0 Å². The fourth-order valence-corrected chi connectivity index (χ4v) is 4.55. The van der Waals surface area contributed by atoms with Crippen LogP contribution in [0, 0.1) is 6.92 Å². The van der Waals surface area contributed by atoms with Gasteiger partial charge in [-0.2, -0.15) is 0 Å². The average Bonchev–Trinajstić information content (AvgIpc) is 2.84. The Balaban J connectivity index is 1.81. The molecule has 1 aromatic carbocycles. The lowest BCUT2D eigenvalue weighted by Gasteiger charge is -2.42. The Morgan fingerprint density at radius 1 is 1.05 bits per heavy atom. The van der Waals surface area contributed by atoms with Crippen molar-refractivity contribution < 1.29 is 44.9 Å². The van der Waals surface area contributed by atoms with Crippen LogP contribution in [0.25, 0.3) is 0 Å². The van der Waals surface area contributed by atoms with Gasteiger partial charge in [0.15, 0.2) is 12.6 Å². The third-order valence-electron chi connectivity index (χ3n) is 7.07. The van der Waals surface area contributed by atoms with Crippen LogP contribution in [0.1, 0.15) is 81.3 Å². The molecule has 6 N–H and O–H groups in total. The second-order valence-electron chi connectivity index (χ2n) is 10.8. The number of aliphatic hydroxyl groups is 4. The van der Waals surface area contributed by atoms with Gasteiger partial charge >= 0.3 is 0 Å². The van der Waals surface area contributed by atoms with E-state index in [1.807, 2.05) is 26.8 Å². The number of benzene rings is 1. The molecule has 38 heavy (non-hydrogen) atoms. The summed E-state index contributed by atoms with van der Waals surface area (Å²) in [6, 6.07) is 1.49. The average molecular weight is 537 g/mol. The highest BCUT2D eigenvalue weighted by Crippen LogP contribution is 2.33. The number of hydrogen-bond acceptors (Lipinski definition) is 9. The number of aryl methyl sites for hydroxylation is 1. The summed E-state index contributed by atoms with van der Waals surface area (Å²) in [7, 11) is 0. The summed E-state index contributed by atoms with van der Waals surface area (Å²) in [6.45, 7) is 8.95. The van der Waals surface area contributed by atoms with Crippen LogP contribution in [0.5, 0.6) is 11.5 Å². The number of ether oxygens (including phenoxy) is 2. The highest BCUT2D eigenvalue weighted by molar-refractivity contribution is 5.83. The number of aromatic hydroxyl groups is 2. The summed E-state index contributed by atoms with van der Waals surface area (Å²) >= 11 is 0. The number of rotatable bonds is 13. The van der Waals surface area contributed by atoms with E-state index >= 15 is 0 Å². The second kappa shape index (κ2) is 14.2. The third kappa shape index (κ3) is 8.62. The zero-order valence-electron chi connectivity index (χ0n) is 23.1. The maximum Gasteiger partial charge on any atom is 0.187 e. The van der Waals surface area contributed by atoms with E-state index in [1.54, 1.807) is 6.92 Å². The Morgan fingerprint density at radius 2 is 1.71 bits per heavy atom. The molecule has 0 saturated carbocycles. The predicted octanol–water partition coefficient (Wildman–Crippen LogP) is 3.20. The summed E-state index contributed by atoms with van der Waals surface area (Å²) in [5.74, 6) is -0.195. The number of aldehydes is 1. The van der Waals surface area contributed by atoms with Gasteiger partial charge in [-0.15, -0.1) is 0 Å². The van der Waals surface area contributed by atoms with Gasteiger partial charge in [0.1, 0.15) is 35.9 Å². The first kappa shape index (κ1) is 31.9. The first-order valence-corrected chi connectivity index (χ1v) is 13.1. The van der Waals surface area contributed by atoms with Crippen molar-refractivity contribution in [2.24, 2.45) is 0 Å². The SMILES string of the molecule is CC(=CCc1c(O)cc(C)c(C=O)c1O)CCC=C(C)CCCC(C)(C)O[C@@H]1O[C@@H](CO)[C@@H](O)[C@@H](O)[C@H]1O. The molecule has 9 heteroatoms. The number of carbonyl (C=O) groups is 1. The fourth-order valence-electron chi connectivity index (χ4n) is 4.55. The Kier molecular flexibility index (Phi) is 11.9. The van der Waals surface area contributed by atoms with Crippen LogP contribution in [-0.2, 0) is 15.9 Å². The summed E-state index contributed by atoms with van der Waals surface area (Å²) in [5.41, 5.74) is 2.75. The minimum atomic E-state index is -1.47. The van der Waals surface area contributed by atoms with E-state index in [9.17, 15) is 35.4 Å². The minimum absolute atomic E-state index is 0.0242. The van der Waals surface area contributed by atoms with Crippen molar-refractivity contribution in [3.8, 4) is 11.5 Å². The number of phenolic OH excluding ortho intramolecular Hbond substituents is 2. The van der Waals surface area contributed by atoms with Crippen molar-refractivity contribution in [2.45, 2.75) is 109 Å². The highest BCUT2D eigenvalue weighted by atomic mass is 16.7. The van der Waals surface area contributed by atoms with Gasteiger partial charge < -0.3 is 40.1 Å². The van der Waals surface area contributed by atoms with E-state index in [4.69, 9.17) is 9.47 Å². The molecule has 1 aliphatic rings. The molecule has 0 aromatic heterocycles. The van der Waals surface area contributed by atoms with E-state index < -0.39 is 42.9 Å². The van der Waals surface area contributed by atoms with E-state index in [0.29, 0.717) is 30.3 Å². The summed E-state index contributed by atoms with van der Waals surface area (Å²) in [4.78, 5) is 11.2. The zero-order valence-corrected chi connectivity index (χ0v) is 23.1. The van der Waals surface area contributed by atoms with E-state index in [-0.39, 0.29) is 17.1 Å². The topological polar surface area (TPSA) is 157 Å². The van der Waals surface area contributed by atoms with Gasteiger partial charge in [0.2, 0.25) is 0 Å². The molecule has 0 bridgehead atoms. The molecule has 1 saturated heterocycles. The van der Waals surface area contributed by atoms with Crippen molar-refractivity contribution in [2.75, 3.05) is 6.61 Å². The van der Waals surface area contributed by atoms with Crippen molar-refractivity contribution in [1.29, 1.82) is 0 Å². The molecule has 1 heterocycles. The highest BCUT2D eigenvalue weighted by Gasteiger charge is 2.45. The Morgan fingerprint density at radius 3 is 2.34 bits per heavy atom. The molecule has 0 aliphatic carbocycles. The number of hydrogen-bond donors (Lipinski definition) is 6. The molecule has 1 fully saturated rings. The van der Waals surface area contributed by atoms with Gasteiger partial charge in [-0.3, -0.25) is 4.79 Å². The van der Waals surface area contributed by atoms with Gasteiger partial charge in [0.25, 0.3) is 0 Å². The van der Waals surface area contributed by atoms with Crippen LogP contribution < -0.4 is 0 Å². The van der Waals surface area contributed by atoms with Crippen LogP contribution in [0.2, 0.25) is 0 Å². The summed E-state index contributed by atoms with van der Waals surface area (Å²) in [6.07, 6.45) is 2.59. The Labute approximate surface area is 225 Å². The molecular weight excluding hydrogens is 492 g/mol. The van der Waals surface area contributed by atoms with Crippen molar-refractivity contribution in [1.82, 2.24) is 0 Å². The minimum Gasteiger partial charge on any atom is -0.508 e. The predicted molar refractivity (Wildman–Crippen MR) is 143 cm³/mol. The Hall–Kier alpha value is -2.27. The molecule has 1 aromatic rings. The van der Waals surface area contributed by atoms with Crippen LogP contribution in [0.15, 0.2) is 29.4 Å². The standard InChI is InChI=1S/C29H44O9/c1-17(8-6-9-18(2)11-12-20-22(32)14-19(3)21(15-30)24(20)33)10-7-13-29(4,5)38-28-27(36)26(35)25(34)23(16-31)37-28/h8,11,14-15,23,25-28,31-36H,6-7,9-10,12-13,16H2,1-5H3/t23-,25+,26+,27+,28-/m0/s1. The van der Waals surface area contributed by atoms with Crippen LogP contribution >= 0.6 is 0 Å². The molecule has 5 atom stereocenters. The molecule has 0 radical (unpaired) electrons. The quantitative estimate of drug-likeness (QED) is 0.165.